The molecule has 0 radical (unpaired) electrons. The smallest absolute Gasteiger partial charge is 0.338 e. The second kappa shape index (κ2) is 12.5. The first-order chi connectivity index (χ1) is 13.2. The van der Waals surface area contributed by atoms with Gasteiger partial charge in [0.2, 0.25) is 0 Å². The van der Waals surface area contributed by atoms with Crippen molar-refractivity contribution < 1.29 is 38.7 Å². The highest BCUT2D eigenvalue weighted by Crippen LogP contribution is 2.09. The Bertz CT molecular complexity index is 544. The van der Waals surface area contributed by atoms with E-state index >= 15 is 0 Å². The van der Waals surface area contributed by atoms with E-state index in [-0.39, 0.29) is 38.6 Å². The van der Waals surface area contributed by atoms with Crippen LogP contribution in [0.1, 0.15) is 48.4 Å². The van der Waals surface area contributed by atoms with Gasteiger partial charge in [-0.3, -0.25) is 0 Å². The topological polar surface area (TPSA) is 112 Å². The number of esters is 2. The van der Waals surface area contributed by atoms with Crippen molar-refractivity contribution in [3.63, 3.8) is 0 Å². The van der Waals surface area contributed by atoms with Crippen molar-refractivity contribution in [1.82, 2.24) is 0 Å². The number of benzene rings is 1. The first-order valence-corrected chi connectivity index (χ1v) is 9.22. The molecule has 2 N–H and O–H groups in total. The predicted molar refractivity (Wildman–Crippen MR) is 101 cm³/mol. The Kier molecular flexibility index (Phi) is 10.7. The molecule has 0 bridgehead atoms. The molecule has 28 heavy (non-hydrogen) atoms. The van der Waals surface area contributed by atoms with Crippen LogP contribution in [0.5, 0.6) is 0 Å². The van der Waals surface area contributed by atoms with Crippen molar-refractivity contribution >= 4 is 11.9 Å². The zero-order valence-electron chi connectivity index (χ0n) is 16.8. The number of hydrogen-bond acceptors (Lipinski definition) is 8. The summed E-state index contributed by atoms with van der Waals surface area (Å²) in [6.45, 7) is 7.13. The maximum atomic E-state index is 12.0. The number of hydrogen-bond donors (Lipinski definition) is 2. The average Bonchev–Trinajstić information content (AvgIpc) is 2.66. The predicted octanol–water partition coefficient (Wildman–Crippen LogP) is 1.57. The molecule has 1 aromatic carbocycles. The lowest BCUT2D eigenvalue weighted by atomic mass is 10.1. The standard InChI is InChI=1S/C20H30O8/c1-13(21)9-25-15(3)11-27-19(23)17-5-7-18(8-6-17)20(24)28-12-16(4)26-10-14(2)22/h5-8,13-16,21-22H,9-12H2,1-4H3. The second-order valence-corrected chi connectivity index (χ2v) is 6.76. The lowest BCUT2D eigenvalue weighted by Crippen LogP contribution is -2.23. The highest BCUT2D eigenvalue weighted by atomic mass is 16.6. The minimum absolute atomic E-state index is 0.0553. The van der Waals surface area contributed by atoms with Crippen molar-refractivity contribution in [3.8, 4) is 0 Å². The van der Waals surface area contributed by atoms with Gasteiger partial charge in [-0.25, -0.2) is 9.59 Å². The van der Waals surface area contributed by atoms with Gasteiger partial charge in [0.05, 0.1) is 48.8 Å². The molecule has 0 saturated carbocycles. The van der Waals surface area contributed by atoms with E-state index in [0.29, 0.717) is 11.1 Å². The molecule has 0 fully saturated rings. The van der Waals surface area contributed by atoms with Crippen molar-refractivity contribution in [2.75, 3.05) is 26.4 Å². The fraction of sp³-hybridized carbons (Fsp3) is 0.600. The lowest BCUT2D eigenvalue weighted by molar-refractivity contribution is -0.0281. The van der Waals surface area contributed by atoms with Gasteiger partial charge in [-0.05, 0) is 52.0 Å². The van der Waals surface area contributed by atoms with Crippen LogP contribution in [0.25, 0.3) is 0 Å². The van der Waals surface area contributed by atoms with Crippen LogP contribution in [0.4, 0.5) is 0 Å². The SMILES string of the molecule is CC(O)COC(C)COC(=O)c1ccc(C(=O)OCC(C)OCC(C)O)cc1. The zero-order chi connectivity index (χ0) is 21.1. The van der Waals surface area contributed by atoms with Crippen LogP contribution < -0.4 is 0 Å². The third-order valence-corrected chi connectivity index (χ3v) is 3.50. The van der Waals surface area contributed by atoms with Crippen LogP contribution in [0.15, 0.2) is 24.3 Å². The van der Waals surface area contributed by atoms with Gasteiger partial charge < -0.3 is 29.2 Å². The molecule has 4 atom stereocenters. The summed E-state index contributed by atoms with van der Waals surface area (Å²) in [6, 6.07) is 5.92. The maximum absolute atomic E-state index is 12.0. The molecule has 0 aromatic heterocycles. The molecule has 0 amide bonds. The number of carbonyl (C=O) groups excluding carboxylic acids is 2. The van der Waals surface area contributed by atoms with E-state index in [1.807, 2.05) is 0 Å². The molecule has 0 saturated heterocycles. The largest absolute Gasteiger partial charge is 0.459 e. The minimum Gasteiger partial charge on any atom is -0.459 e. The summed E-state index contributed by atoms with van der Waals surface area (Å²) in [5, 5.41) is 18.3. The Labute approximate surface area is 165 Å². The summed E-state index contributed by atoms with van der Waals surface area (Å²) in [7, 11) is 0. The number of aliphatic hydroxyl groups excluding tert-OH is 2. The van der Waals surface area contributed by atoms with Gasteiger partial charge in [-0.15, -0.1) is 0 Å². The lowest BCUT2D eigenvalue weighted by Gasteiger charge is -2.15. The molecule has 0 aliphatic carbocycles. The van der Waals surface area contributed by atoms with Crippen molar-refractivity contribution in [2.45, 2.75) is 52.1 Å². The van der Waals surface area contributed by atoms with Crippen molar-refractivity contribution in [1.29, 1.82) is 0 Å². The molecular weight excluding hydrogens is 368 g/mol. The van der Waals surface area contributed by atoms with Gasteiger partial charge >= 0.3 is 11.9 Å². The van der Waals surface area contributed by atoms with Gasteiger partial charge in [-0.1, -0.05) is 0 Å². The summed E-state index contributed by atoms with van der Waals surface area (Å²) in [5.41, 5.74) is 0.598. The van der Waals surface area contributed by atoms with E-state index in [4.69, 9.17) is 29.2 Å². The molecule has 4 unspecified atom stereocenters. The first kappa shape index (κ1) is 24.0. The van der Waals surface area contributed by atoms with Gasteiger partial charge in [0, 0.05) is 0 Å². The number of carbonyl (C=O) groups is 2. The Balaban J connectivity index is 2.42. The summed E-state index contributed by atoms with van der Waals surface area (Å²) in [4.78, 5) is 24.1. The van der Waals surface area contributed by atoms with Gasteiger partial charge in [0.1, 0.15) is 13.2 Å². The van der Waals surface area contributed by atoms with E-state index in [9.17, 15) is 9.59 Å². The van der Waals surface area contributed by atoms with E-state index in [1.165, 1.54) is 24.3 Å². The summed E-state index contributed by atoms with van der Waals surface area (Å²) < 4.78 is 20.9. The number of ether oxygens (including phenoxy) is 4. The molecule has 8 heteroatoms. The van der Waals surface area contributed by atoms with Crippen LogP contribution >= 0.6 is 0 Å². The fourth-order valence-electron chi connectivity index (χ4n) is 2.00. The fourth-order valence-corrected chi connectivity index (χ4v) is 2.00. The first-order valence-electron chi connectivity index (χ1n) is 9.22. The molecular formula is C20H30O8. The van der Waals surface area contributed by atoms with Gasteiger partial charge in [-0.2, -0.15) is 0 Å². The van der Waals surface area contributed by atoms with Crippen LogP contribution in [-0.2, 0) is 18.9 Å². The van der Waals surface area contributed by atoms with E-state index in [1.54, 1.807) is 27.7 Å². The van der Waals surface area contributed by atoms with E-state index in [0.717, 1.165) is 0 Å². The highest BCUT2D eigenvalue weighted by molar-refractivity contribution is 5.93. The average molecular weight is 398 g/mol. The molecule has 0 aliphatic rings. The second-order valence-electron chi connectivity index (χ2n) is 6.76. The Morgan fingerprint density at radius 2 is 1.04 bits per heavy atom. The molecule has 158 valence electrons. The molecule has 1 aromatic rings. The van der Waals surface area contributed by atoms with Gasteiger partial charge in [0.25, 0.3) is 0 Å². The normalized spacial score (nSPS) is 15.4. The van der Waals surface area contributed by atoms with E-state index in [2.05, 4.69) is 0 Å². The monoisotopic (exact) mass is 398 g/mol. The van der Waals surface area contributed by atoms with Crippen LogP contribution in [0, 0.1) is 0 Å². The minimum atomic E-state index is -0.585. The maximum Gasteiger partial charge on any atom is 0.338 e. The zero-order valence-corrected chi connectivity index (χ0v) is 16.8. The van der Waals surface area contributed by atoms with Crippen molar-refractivity contribution in [3.05, 3.63) is 35.4 Å². The summed E-state index contributed by atoms with van der Waals surface area (Å²) >= 11 is 0. The van der Waals surface area contributed by atoms with Gasteiger partial charge in [0.15, 0.2) is 0 Å². The molecule has 8 nitrogen and oxygen atoms in total. The third kappa shape index (κ3) is 9.80. The number of aliphatic hydroxyl groups is 2. The molecule has 1 rings (SSSR count). The highest BCUT2D eigenvalue weighted by Gasteiger charge is 2.14. The number of rotatable bonds is 12. The van der Waals surface area contributed by atoms with Crippen LogP contribution in [0.3, 0.4) is 0 Å². The Morgan fingerprint density at radius 1 is 0.714 bits per heavy atom. The molecule has 0 spiro atoms. The third-order valence-electron chi connectivity index (χ3n) is 3.50. The Hall–Kier alpha value is -2.00. The quantitative estimate of drug-likeness (QED) is 0.511. The summed E-state index contributed by atoms with van der Waals surface area (Å²) in [5.74, 6) is -1.07. The van der Waals surface area contributed by atoms with Crippen molar-refractivity contribution in [2.24, 2.45) is 0 Å². The molecule has 0 heterocycles. The molecule has 0 aliphatic heterocycles. The Morgan fingerprint density at radius 3 is 1.32 bits per heavy atom. The van der Waals surface area contributed by atoms with Crippen LogP contribution in [-0.4, -0.2) is 73.0 Å². The van der Waals surface area contributed by atoms with Crippen LogP contribution in [0.2, 0.25) is 0 Å². The van der Waals surface area contributed by atoms with E-state index < -0.39 is 24.1 Å². The summed E-state index contributed by atoms with van der Waals surface area (Å²) in [6.07, 6.45) is -1.85.